The first-order valence-corrected chi connectivity index (χ1v) is 8.59. The molecule has 0 aliphatic rings. The molecule has 124 valence electrons. The number of H-pyrrole nitrogens is 1. The van der Waals surface area contributed by atoms with Crippen molar-refractivity contribution in [3.05, 3.63) is 90.2 Å². The van der Waals surface area contributed by atoms with E-state index >= 15 is 0 Å². The molecule has 0 aliphatic heterocycles. The van der Waals surface area contributed by atoms with Gasteiger partial charge in [-0.25, -0.2) is 4.98 Å². The van der Waals surface area contributed by atoms with Gasteiger partial charge in [0, 0.05) is 27.9 Å². The summed E-state index contributed by atoms with van der Waals surface area (Å²) in [5.41, 5.74) is 4.78. The van der Waals surface area contributed by atoms with Gasteiger partial charge >= 0.3 is 0 Å². The zero-order chi connectivity index (χ0) is 17.3. The fourth-order valence-corrected chi connectivity index (χ4v) is 3.33. The maximum Gasteiger partial charge on any atom is 0.149 e. The van der Waals surface area contributed by atoms with E-state index in [0.29, 0.717) is 12.0 Å². The van der Waals surface area contributed by atoms with Crippen molar-refractivity contribution in [1.82, 2.24) is 15.0 Å². The Morgan fingerprint density at radius 2 is 1.62 bits per heavy atom. The lowest BCUT2D eigenvalue weighted by atomic mass is 10.1. The maximum absolute atomic E-state index is 4.79. The van der Waals surface area contributed by atoms with E-state index < -0.39 is 0 Å². The van der Waals surface area contributed by atoms with E-state index in [2.05, 4.69) is 40.3 Å². The topological polar surface area (TPSA) is 53.9 Å². The molecule has 5 aromatic rings. The minimum Gasteiger partial charge on any atom is -0.354 e. The summed E-state index contributed by atoms with van der Waals surface area (Å²) in [7, 11) is 0. The highest BCUT2D eigenvalue weighted by molar-refractivity contribution is 6.14. The van der Waals surface area contributed by atoms with E-state index in [9.17, 15) is 0 Å². The van der Waals surface area contributed by atoms with Crippen LogP contribution in [0.1, 0.15) is 5.69 Å². The van der Waals surface area contributed by atoms with Crippen LogP contribution in [0.4, 0.5) is 0 Å². The summed E-state index contributed by atoms with van der Waals surface area (Å²) in [5, 5.41) is 3.41. The molecule has 5 rings (SSSR count). The van der Waals surface area contributed by atoms with Crippen molar-refractivity contribution < 1.29 is 0 Å². The van der Waals surface area contributed by atoms with Gasteiger partial charge in [-0.1, -0.05) is 42.5 Å². The van der Waals surface area contributed by atoms with Gasteiger partial charge in [0.15, 0.2) is 0 Å². The van der Waals surface area contributed by atoms with Gasteiger partial charge in [0.2, 0.25) is 0 Å². The number of hydrogen-bond donors (Lipinski definition) is 1. The number of para-hydroxylation sites is 2. The molecular weight excluding hydrogens is 320 g/mol. The number of fused-ring (bicyclic) bond motifs is 5. The molecule has 2 aromatic carbocycles. The molecule has 1 N–H and O–H groups in total. The van der Waals surface area contributed by atoms with Gasteiger partial charge in [-0.3, -0.25) is 9.98 Å². The Kier molecular flexibility index (Phi) is 3.46. The molecule has 26 heavy (non-hydrogen) atoms. The van der Waals surface area contributed by atoms with Gasteiger partial charge in [-0.2, -0.15) is 0 Å². The summed E-state index contributed by atoms with van der Waals surface area (Å²) in [6, 6.07) is 24.4. The molecule has 4 nitrogen and oxygen atoms in total. The molecule has 0 unspecified atom stereocenters. The normalized spacial score (nSPS) is 12.2. The van der Waals surface area contributed by atoms with Gasteiger partial charge < -0.3 is 4.98 Å². The smallest absolute Gasteiger partial charge is 0.149 e. The van der Waals surface area contributed by atoms with E-state index in [0.717, 1.165) is 33.0 Å². The second-order valence-corrected chi connectivity index (χ2v) is 6.23. The van der Waals surface area contributed by atoms with Crippen molar-refractivity contribution in [1.29, 1.82) is 0 Å². The molecule has 0 radical (unpaired) electrons. The maximum atomic E-state index is 4.79. The predicted octanol–water partition coefficient (Wildman–Crippen LogP) is 4.37. The van der Waals surface area contributed by atoms with Crippen molar-refractivity contribution in [3.63, 3.8) is 0 Å². The van der Waals surface area contributed by atoms with Crippen molar-refractivity contribution in [3.8, 4) is 0 Å². The van der Waals surface area contributed by atoms with E-state index in [1.54, 1.807) is 6.20 Å². The van der Waals surface area contributed by atoms with Crippen LogP contribution in [0.3, 0.4) is 0 Å². The second-order valence-electron chi connectivity index (χ2n) is 6.23. The van der Waals surface area contributed by atoms with Crippen LogP contribution < -0.4 is 5.49 Å². The van der Waals surface area contributed by atoms with Crippen LogP contribution in [0.5, 0.6) is 0 Å². The Hall–Kier alpha value is -3.53. The zero-order valence-electron chi connectivity index (χ0n) is 14.1. The minimum absolute atomic E-state index is 0.510. The number of nitrogens with zero attached hydrogens (tertiary/aromatic N) is 3. The quantitative estimate of drug-likeness (QED) is 0.520. The summed E-state index contributed by atoms with van der Waals surface area (Å²) >= 11 is 0. The monoisotopic (exact) mass is 336 g/mol. The number of hydrogen-bond acceptors (Lipinski definition) is 3. The Balaban J connectivity index is 1.84. The van der Waals surface area contributed by atoms with Gasteiger partial charge in [-0.05, 0) is 30.3 Å². The van der Waals surface area contributed by atoms with Gasteiger partial charge in [0.1, 0.15) is 5.49 Å². The third kappa shape index (κ3) is 2.52. The standard InChI is InChI=1S/C22H16N4/c1-3-10-19-16(8-1)18-13-21(24-14-15-7-5-6-12-23-15)25-20-11-4-2-9-17(20)22(18)26-19/h1-13,26H,14H2. The first-order chi connectivity index (χ1) is 12.9. The van der Waals surface area contributed by atoms with E-state index in [-0.39, 0.29) is 0 Å². The molecule has 0 amide bonds. The molecule has 0 saturated carbocycles. The molecular formula is C22H16N4. The summed E-state index contributed by atoms with van der Waals surface area (Å²) in [6.07, 6.45) is 1.79. The van der Waals surface area contributed by atoms with Crippen molar-refractivity contribution in [2.45, 2.75) is 6.54 Å². The third-order valence-corrected chi connectivity index (χ3v) is 4.56. The van der Waals surface area contributed by atoms with Crippen molar-refractivity contribution in [2.24, 2.45) is 4.99 Å². The van der Waals surface area contributed by atoms with Crippen LogP contribution in [0, 0.1) is 0 Å². The van der Waals surface area contributed by atoms with Crippen molar-refractivity contribution >= 4 is 32.7 Å². The minimum atomic E-state index is 0.510. The summed E-state index contributed by atoms with van der Waals surface area (Å²) in [5.74, 6) is 0. The molecule has 0 saturated heterocycles. The molecule has 0 fully saturated rings. The molecule has 3 heterocycles. The fraction of sp³-hybridized carbons (Fsp3) is 0.0455. The number of pyridine rings is 1. The SMILES string of the molecule is c1ccc(CN=c2cc3c4ccccc4[nH]c3c3ccccc3n2)nc1. The lowest BCUT2D eigenvalue weighted by molar-refractivity contribution is 0.931. The largest absolute Gasteiger partial charge is 0.354 e. The van der Waals surface area contributed by atoms with Gasteiger partial charge in [0.25, 0.3) is 0 Å². The van der Waals surface area contributed by atoms with E-state index in [4.69, 9.17) is 9.98 Å². The molecule has 3 aromatic heterocycles. The average Bonchev–Trinajstić information content (AvgIpc) is 2.97. The average molecular weight is 336 g/mol. The summed E-state index contributed by atoms with van der Waals surface area (Å²) in [4.78, 5) is 17.4. The number of aromatic amines is 1. The van der Waals surface area contributed by atoms with Crippen LogP contribution in [0.2, 0.25) is 0 Å². The second kappa shape index (κ2) is 6.08. The van der Waals surface area contributed by atoms with E-state index in [1.807, 2.05) is 42.5 Å². The highest BCUT2D eigenvalue weighted by atomic mass is 14.9. The Bertz CT molecular complexity index is 1300. The van der Waals surface area contributed by atoms with Crippen LogP contribution >= 0.6 is 0 Å². The van der Waals surface area contributed by atoms with Gasteiger partial charge in [-0.15, -0.1) is 0 Å². The van der Waals surface area contributed by atoms with Crippen LogP contribution in [-0.4, -0.2) is 15.0 Å². The number of nitrogens with one attached hydrogen (secondary N) is 1. The number of rotatable bonds is 2. The highest BCUT2D eigenvalue weighted by Gasteiger charge is 2.07. The summed E-state index contributed by atoms with van der Waals surface area (Å²) < 4.78 is 0. The lowest BCUT2D eigenvalue weighted by Crippen LogP contribution is -2.04. The predicted molar refractivity (Wildman–Crippen MR) is 105 cm³/mol. The Labute approximate surface area is 149 Å². The Morgan fingerprint density at radius 3 is 2.50 bits per heavy atom. The number of aromatic nitrogens is 3. The molecule has 0 spiro atoms. The molecule has 0 aliphatic carbocycles. The first-order valence-electron chi connectivity index (χ1n) is 8.59. The van der Waals surface area contributed by atoms with E-state index in [1.165, 1.54) is 5.39 Å². The highest BCUT2D eigenvalue weighted by Crippen LogP contribution is 2.27. The number of benzene rings is 2. The first kappa shape index (κ1) is 14.8. The van der Waals surface area contributed by atoms with Crippen LogP contribution in [0.15, 0.2) is 84.0 Å². The Morgan fingerprint density at radius 1 is 0.808 bits per heavy atom. The van der Waals surface area contributed by atoms with Crippen LogP contribution in [0.25, 0.3) is 32.7 Å². The zero-order valence-corrected chi connectivity index (χ0v) is 14.1. The molecule has 0 bridgehead atoms. The molecule has 0 atom stereocenters. The van der Waals surface area contributed by atoms with Gasteiger partial charge in [0.05, 0.1) is 23.3 Å². The fourth-order valence-electron chi connectivity index (χ4n) is 3.33. The van der Waals surface area contributed by atoms with Crippen LogP contribution in [-0.2, 0) is 6.54 Å². The lowest BCUT2D eigenvalue weighted by Gasteiger charge is -1.93. The van der Waals surface area contributed by atoms with Crippen molar-refractivity contribution in [2.75, 3.05) is 0 Å². The molecule has 4 heteroatoms. The third-order valence-electron chi connectivity index (χ3n) is 4.56. The summed E-state index contributed by atoms with van der Waals surface area (Å²) in [6.45, 7) is 0.510.